The van der Waals surface area contributed by atoms with Crippen LogP contribution < -0.4 is 15.4 Å². The van der Waals surface area contributed by atoms with Gasteiger partial charge in [-0.3, -0.25) is 4.90 Å². The first kappa shape index (κ1) is 27.5. The Hall–Kier alpha value is -5.03. The van der Waals surface area contributed by atoms with E-state index in [1.165, 1.54) is 0 Å². The van der Waals surface area contributed by atoms with Gasteiger partial charge in [0.2, 0.25) is 11.9 Å². The van der Waals surface area contributed by atoms with Gasteiger partial charge in [-0.1, -0.05) is 12.1 Å². The lowest BCUT2D eigenvalue weighted by Gasteiger charge is -2.26. The molecule has 1 fully saturated rings. The highest BCUT2D eigenvalue weighted by Gasteiger charge is 2.15. The van der Waals surface area contributed by atoms with Crippen molar-refractivity contribution < 1.29 is 9.47 Å². The number of nitrogens with one attached hydrogen (secondary N) is 2. The predicted molar refractivity (Wildman–Crippen MR) is 156 cm³/mol. The van der Waals surface area contributed by atoms with E-state index < -0.39 is 0 Å². The van der Waals surface area contributed by atoms with Crippen molar-refractivity contribution in [2.45, 2.75) is 13.8 Å². The van der Waals surface area contributed by atoms with Crippen LogP contribution in [-0.4, -0.2) is 59.2 Å². The molecule has 0 spiro atoms. The van der Waals surface area contributed by atoms with Crippen molar-refractivity contribution in [3.63, 3.8) is 0 Å². The summed E-state index contributed by atoms with van der Waals surface area (Å²) in [6.45, 7) is 8.72. The Morgan fingerprint density at radius 1 is 0.829 bits per heavy atom. The number of nitrogens with zero attached hydrogens (tertiary/aromatic N) is 6. The molecule has 1 saturated heterocycles. The molecule has 0 atom stereocenters. The van der Waals surface area contributed by atoms with E-state index in [0.29, 0.717) is 35.3 Å². The molecule has 0 radical (unpaired) electrons. The lowest BCUT2D eigenvalue weighted by Crippen LogP contribution is -2.39. The van der Waals surface area contributed by atoms with Crippen molar-refractivity contribution in [1.82, 2.24) is 19.9 Å². The zero-order chi connectivity index (χ0) is 28.6. The Morgan fingerprint density at radius 2 is 1.44 bits per heavy atom. The zero-order valence-corrected chi connectivity index (χ0v) is 23.0. The quantitative estimate of drug-likeness (QED) is 0.289. The van der Waals surface area contributed by atoms with Gasteiger partial charge in [-0.2, -0.15) is 25.5 Å². The molecule has 5 rings (SSSR count). The highest BCUT2D eigenvalue weighted by Crippen LogP contribution is 2.33. The molecular weight excluding hydrogens is 516 g/mol. The summed E-state index contributed by atoms with van der Waals surface area (Å²) in [6, 6.07) is 23.1. The van der Waals surface area contributed by atoms with Gasteiger partial charge < -0.3 is 20.1 Å². The zero-order valence-electron chi connectivity index (χ0n) is 23.0. The highest BCUT2D eigenvalue weighted by atomic mass is 16.5. The van der Waals surface area contributed by atoms with Crippen LogP contribution in [0.5, 0.6) is 11.8 Å². The minimum atomic E-state index is 0.155. The van der Waals surface area contributed by atoms with Crippen molar-refractivity contribution >= 4 is 17.6 Å². The van der Waals surface area contributed by atoms with Crippen molar-refractivity contribution in [3.8, 4) is 35.0 Å². The first-order valence-corrected chi connectivity index (χ1v) is 13.4. The SMILES string of the molecule is Cc1cc(-c2ccc(C#N)cc2)cc(C)c1Oc1nc(NCCN2CCOCC2)nc(Nc2ccc(C#N)cc2)n1. The number of aryl methyl sites for hydroxylation is 2. The number of anilines is 3. The van der Waals surface area contributed by atoms with E-state index in [1.54, 1.807) is 24.3 Å². The van der Waals surface area contributed by atoms with Crippen molar-refractivity contribution in [3.05, 3.63) is 82.9 Å². The smallest absolute Gasteiger partial charge is 0.328 e. The molecule has 0 bridgehead atoms. The van der Waals surface area contributed by atoms with Gasteiger partial charge in [-0.15, -0.1) is 0 Å². The second-order valence-electron chi connectivity index (χ2n) is 9.69. The van der Waals surface area contributed by atoms with Crippen LogP contribution in [0.15, 0.2) is 60.7 Å². The minimum absolute atomic E-state index is 0.155. The Morgan fingerprint density at radius 3 is 2.07 bits per heavy atom. The summed E-state index contributed by atoms with van der Waals surface area (Å²) in [7, 11) is 0. The third-order valence-corrected chi connectivity index (χ3v) is 6.70. The maximum absolute atomic E-state index is 9.11. The maximum atomic E-state index is 9.11. The van der Waals surface area contributed by atoms with Crippen LogP contribution in [0, 0.1) is 36.5 Å². The Labute approximate surface area is 239 Å². The van der Waals surface area contributed by atoms with Crippen LogP contribution in [0.1, 0.15) is 22.3 Å². The van der Waals surface area contributed by atoms with Gasteiger partial charge in [0.25, 0.3) is 0 Å². The summed E-state index contributed by atoms with van der Waals surface area (Å²) in [5.74, 6) is 1.37. The van der Waals surface area contributed by atoms with E-state index in [4.69, 9.17) is 20.0 Å². The largest absolute Gasteiger partial charge is 0.424 e. The molecule has 1 aliphatic rings. The lowest BCUT2D eigenvalue weighted by atomic mass is 9.99. The average molecular weight is 547 g/mol. The van der Waals surface area contributed by atoms with E-state index in [1.807, 2.05) is 50.2 Å². The molecule has 2 heterocycles. The molecule has 0 unspecified atom stereocenters. The van der Waals surface area contributed by atoms with Gasteiger partial charge in [0.15, 0.2) is 0 Å². The summed E-state index contributed by atoms with van der Waals surface area (Å²) in [4.78, 5) is 16.0. The van der Waals surface area contributed by atoms with Crippen molar-refractivity contribution in [2.75, 3.05) is 50.0 Å². The second kappa shape index (κ2) is 12.9. The summed E-state index contributed by atoms with van der Waals surface area (Å²) in [5, 5.41) is 24.7. The molecule has 41 heavy (non-hydrogen) atoms. The molecule has 2 N–H and O–H groups in total. The van der Waals surface area contributed by atoms with E-state index >= 15 is 0 Å². The fourth-order valence-electron chi connectivity index (χ4n) is 4.55. The van der Waals surface area contributed by atoms with E-state index in [2.05, 4.69) is 42.6 Å². The van der Waals surface area contributed by atoms with Crippen LogP contribution >= 0.6 is 0 Å². The third kappa shape index (κ3) is 7.14. The normalized spacial score (nSPS) is 13.2. The van der Waals surface area contributed by atoms with E-state index in [0.717, 1.165) is 60.8 Å². The van der Waals surface area contributed by atoms with Crippen LogP contribution in [0.25, 0.3) is 11.1 Å². The summed E-state index contributed by atoms with van der Waals surface area (Å²) < 4.78 is 11.7. The monoisotopic (exact) mass is 546 g/mol. The molecular formula is C31H30N8O2. The van der Waals surface area contributed by atoms with Crippen molar-refractivity contribution in [1.29, 1.82) is 10.5 Å². The predicted octanol–water partition coefficient (Wildman–Crippen LogP) is 5.18. The molecule has 10 nitrogen and oxygen atoms in total. The number of benzene rings is 3. The molecule has 206 valence electrons. The maximum Gasteiger partial charge on any atom is 0.328 e. The Bertz CT molecular complexity index is 1560. The van der Waals surface area contributed by atoms with Gasteiger partial charge in [0.05, 0.1) is 36.5 Å². The summed E-state index contributed by atoms with van der Waals surface area (Å²) >= 11 is 0. The summed E-state index contributed by atoms with van der Waals surface area (Å²) in [6.07, 6.45) is 0. The van der Waals surface area contributed by atoms with E-state index in [-0.39, 0.29) is 6.01 Å². The number of hydrogen-bond donors (Lipinski definition) is 2. The van der Waals surface area contributed by atoms with Gasteiger partial charge in [-0.05, 0) is 84.6 Å². The molecule has 0 saturated carbocycles. The number of morpholine rings is 1. The number of hydrogen-bond acceptors (Lipinski definition) is 10. The van der Waals surface area contributed by atoms with Gasteiger partial charge in [0.1, 0.15) is 5.75 Å². The molecule has 10 heteroatoms. The molecule has 3 aromatic carbocycles. The van der Waals surface area contributed by atoms with Gasteiger partial charge >= 0.3 is 6.01 Å². The molecule has 0 amide bonds. The Kier molecular flexibility index (Phi) is 8.65. The molecule has 0 aliphatic carbocycles. The lowest BCUT2D eigenvalue weighted by molar-refractivity contribution is 0.0398. The summed E-state index contributed by atoms with van der Waals surface area (Å²) in [5.41, 5.74) is 5.82. The first-order valence-electron chi connectivity index (χ1n) is 13.4. The van der Waals surface area contributed by atoms with Crippen LogP contribution in [0.2, 0.25) is 0 Å². The van der Waals surface area contributed by atoms with Crippen LogP contribution in [0.4, 0.5) is 17.6 Å². The Balaban J connectivity index is 1.38. The van der Waals surface area contributed by atoms with Crippen LogP contribution in [0.3, 0.4) is 0 Å². The van der Waals surface area contributed by atoms with Gasteiger partial charge in [0, 0.05) is 31.9 Å². The van der Waals surface area contributed by atoms with Gasteiger partial charge in [-0.25, -0.2) is 0 Å². The highest BCUT2D eigenvalue weighted by molar-refractivity contribution is 5.68. The van der Waals surface area contributed by atoms with Crippen LogP contribution in [-0.2, 0) is 4.74 Å². The number of rotatable bonds is 9. The fraction of sp³-hybridized carbons (Fsp3) is 0.258. The minimum Gasteiger partial charge on any atom is -0.424 e. The standard InChI is InChI=1S/C31H30N8O2/c1-21-17-26(25-7-3-23(19-32)4-8-25)18-22(2)28(21)41-31-37-29(34-11-12-39-13-15-40-16-14-39)36-30(38-31)35-27-9-5-24(20-33)6-10-27/h3-10,17-18H,11-16H2,1-2H3,(H2,34,35,36,37,38). The average Bonchev–Trinajstić information content (AvgIpc) is 3.00. The number of aromatic nitrogens is 3. The second-order valence-corrected chi connectivity index (χ2v) is 9.69. The number of ether oxygens (including phenoxy) is 2. The number of nitriles is 2. The van der Waals surface area contributed by atoms with E-state index in [9.17, 15) is 0 Å². The fourth-order valence-corrected chi connectivity index (χ4v) is 4.55. The first-order chi connectivity index (χ1) is 20.0. The topological polar surface area (TPSA) is 132 Å². The third-order valence-electron chi connectivity index (χ3n) is 6.70. The molecule has 1 aromatic heterocycles. The molecule has 4 aromatic rings. The molecule has 1 aliphatic heterocycles. The van der Waals surface area contributed by atoms with Crippen molar-refractivity contribution in [2.24, 2.45) is 0 Å².